The van der Waals surface area contributed by atoms with Gasteiger partial charge in [-0.2, -0.15) is 5.10 Å². The number of hydrogen-bond acceptors (Lipinski definition) is 4. The molecule has 3 aromatic heterocycles. The number of nitrogens with zero attached hydrogens (tertiary/aromatic N) is 4. The Balaban J connectivity index is 1.43. The molecular weight excluding hydrogens is 428 g/mol. The molecule has 5 rings (SSSR count). The van der Waals surface area contributed by atoms with Crippen LogP contribution in [-0.2, 0) is 20.7 Å². The van der Waals surface area contributed by atoms with Gasteiger partial charge in [-0.1, -0.05) is 12.1 Å². The van der Waals surface area contributed by atoms with Crippen molar-refractivity contribution in [2.24, 2.45) is 14.1 Å². The van der Waals surface area contributed by atoms with Crippen LogP contribution >= 0.6 is 0 Å². The molecule has 166 valence electrons. The van der Waals surface area contributed by atoms with Gasteiger partial charge in [-0.05, 0) is 12.1 Å². The van der Waals surface area contributed by atoms with Crippen LogP contribution in [0.4, 0.5) is 8.78 Å². The van der Waals surface area contributed by atoms with Gasteiger partial charge in [0.1, 0.15) is 24.0 Å². The van der Waals surface area contributed by atoms with Crippen molar-refractivity contribution >= 4 is 11.0 Å². The zero-order valence-corrected chi connectivity index (χ0v) is 17.8. The molecule has 0 saturated heterocycles. The number of aromatic nitrogens is 5. The maximum absolute atomic E-state index is 15.0. The van der Waals surface area contributed by atoms with E-state index in [2.05, 4.69) is 15.2 Å². The lowest BCUT2D eigenvalue weighted by atomic mass is 10.0. The number of aryl methyl sites for hydroxylation is 2. The molecule has 1 N–H and O–H groups in total. The van der Waals surface area contributed by atoms with Gasteiger partial charge in [0.25, 0.3) is 0 Å². The van der Waals surface area contributed by atoms with Crippen molar-refractivity contribution in [3.05, 3.63) is 88.9 Å². The number of para-hydroxylation sites is 1. The molecule has 5 aromatic rings. The first-order chi connectivity index (χ1) is 15.9. The molecule has 3 heterocycles. The molecule has 7 nitrogen and oxygen atoms in total. The van der Waals surface area contributed by atoms with Crippen LogP contribution in [0.1, 0.15) is 5.69 Å². The summed E-state index contributed by atoms with van der Waals surface area (Å²) in [5.74, 6) is -1.44. The quantitative estimate of drug-likeness (QED) is 0.438. The summed E-state index contributed by atoms with van der Waals surface area (Å²) in [5, 5.41) is 6.87. The van der Waals surface area contributed by atoms with E-state index in [9.17, 15) is 4.79 Å². The molecule has 0 bridgehead atoms. The van der Waals surface area contributed by atoms with Crippen LogP contribution in [0, 0.1) is 11.6 Å². The average Bonchev–Trinajstić information content (AvgIpc) is 3.41. The molecule has 9 heteroatoms. The van der Waals surface area contributed by atoms with Crippen molar-refractivity contribution in [2.75, 3.05) is 0 Å². The van der Waals surface area contributed by atoms with Gasteiger partial charge in [-0.15, -0.1) is 0 Å². The van der Waals surface area contributed by atoms with Gasteiger partial charge in [-0.3, -0.25) is 9.89 Å². The largest absolute Gasteiger partial charge is 0.487 e. The van der Waals surface area contributed by atoms with Crippen molar-refractivity contribution in [1.29, 1.82) is 0 Å². The van der Waals surface area contributed by atoms with E-state index in [1.54, 1.807) is 48.5 Å². The Hall–Kier alpha value is -4.27. The number of imidazole rings is 1. The lowest BCUT2D eigenvalue weighted by Gasteiger charge is -2.11. The van der Waals surface area contributed by atoms with Crippen LogP contribution in [0.5, 0.6) is 5.75 Å². The normalized spacial score (nSPS) is 11.3. The number of hydrogen-bond donors (Lipinski definition) is 1. The van der Waals surface area contributed by atoms with E-state index in [1.807, 2.05) is 13.1 Å². The van der Waals surface area contributed by atoms with Crippen LogP contribution in [-0.4, -0.2) is 24.3 Å². The second kappa shape index (κ2) is 8.01. The number of pyridine rings is 1. The van der Waals surface area contributed by atoms with Crippen molar-refractivity contribution < 1.29 is 13.5 Å². The van der Waals surface area contributed by atoms with E-state index < -0.39 is 11.6 Å². The monoisotopic (exact) mass is 447 g/mol. The fourth-order valence-corrected chi connectivity index (χ4v) is 3.83. The molecule has 0 radical (unpaired) electrons. The molecule has 2 aromatic carbocycles. The minimum atomic E-state index is -0.744. The summed E-state index contributed by atoms with van der Waals surface area (Å²) in [5.41, 5.74) is 3.48. The molecule has 0 aliphatic carbocycles. The zero-order chi connectivity index (χ0) is 23.1. The molecule has 0 amide bonds. The number of rotatable bonds is 5. The molecular formula is C24H19F2N5O2. The van der Waals surface area contributed by atoms with E-state index in [0.717, 1.165) is 28.8 Å². The highest BCUT2D eigenvalue weighted by Crippen LogP contribution is 2.34. The summed E-state index contributed by atoms with van der Waals surface area (Å²) in [6, 6.07) is 10.7. The van der Waals surface area contributed by atoms with Crippen molar-refractivity contribution in [3.63, 3.8) is 0 Å². The molecule has 0 unspecified atom stereocenters. The highest BCUT2D eigenvalue weighted by Gasteiger charge is 2.18. The summed E-state index contributed by atoms with van der Waals surface area (Å²) in [6.45, 7) is 0.00617. The Morgan fingerprint density at radius 2 is 1.82 bits per heavy atom. The number of ether oxygens (including phenoxy) is 1. The second-order valence-corrected chi connectivity index (χ2v) is 7.71. The van der Waals surface area contributed by atoms with E-state index in [-0.39, 0.29) is 23.5 Å². The Labute approximate surface area is 186 Å². The third-order valence-corrected chi connectivity index (χ3v) is 5.54. The predicted molar refractivity (Wildman–Crippen MR) is 120 cm³/mol. The molecule has 0 atom stereocenters. The van der Waals surface area contributed by atoms with E-state index in [1.165, 1.54) is 10.6 Å². The van der Waals surface area contributed by atoms with E-state index >= 15 is 8.78 Å². The number of nitrogens with one attached hydrogen (secondary N) is 1. The fourth-order valence-electron chi connectivity index (χ4n) is 3.83. The Morgan fingerprint density at radius 3 is 2.58 bits per heavy atom. The number of H-pyrrole nitrogens is 1. The van der Waals surface area contributed by atoms with Gasteiger partial charge < -0.3 is 13.9 Å². The van der Waals surface area contributed by atoms with Gasteiger partial charge in [-0.25, -0.2) is 13.8 Å². The maximum atomic E-state index is 15.0. The molecule has 0 aliphatic rings. The Kier molecular flexibility index (Phi) is 5.01. The third-order valence-electron chi connectivity index (χ3n) is 5.54. The zero-order valence-electron chi connectivity index (χ0n) is 17.8. The first-order valence-electron chi connectivity index (χ1n) is 10.1. The van der Waals surface area contributed by atoms with Crippen molar-refractivity contribution in [2.45, 2.75) is 6.61 Å². The minimum Gasteiger partial charge on any atom is -0.487 e. The van der Waals surface area contributed by atoms with Crippen LogP contribution in [0.2, 0.25) is 0 Å². The maximum Gasteiger partial charge on any atom is 0.250 e. The van der Waals surface area contributed by atoms with Gasteiger partial charge in [0.15, 0.2) is 0 Å². The van der Waals surface area contributed by atoms with Crippen LogP contribution in [0.25, 0.3) is 33.3 Å². The SMILES string of the molecule is Cn1cc(-c2cn[nH]c2COc2cc(F)c(-c3cccc4c3ncn4C)c(F)c2)ccc1=O. The highest BCUT2D eigenvalue weighted by atomic mass is 19.1. The molecule has 0 fully saturated rings. The number of halogens is 2. The summed E-state index contributed by atoms with van der Waals surface area (Å²) >= 11 is 0. The predicted octanol–water partition coefficient (Wildman–Crippen LogP) is 4.19. The summed E-state index contributed by atoms with van der Waals surface area (Å²) in [7, 11) is 3.47. The van der Waals surface area contributed by atoms with E-state index in [0.29, 0.717) is 16.8 Å². The van der Waals surface area contributed by atoms with Gasteiger partial charge in [0.2, 0.25) is 5.56 Å². The molecule has 0 spiro atoms. The number of aromatic amines is 1. The van der Waals surface area contributed by atoms with Gasteiger partial charge >= 0.3 is 0 Å². The Morgan fingerprint density at radius 1 is 1.03 bits per heavy atom. The molecule has 0 aliphatic heterocycles. The second-order valence-electron chi connectivity index (χ2n) is 7.71. The summed E-state index contributed by atoms with van der Waals surface area (Å²) in [4.78, 5) is 15.9. The van der Waals surface area contributed by atoms with Gasteiger partial charge in [0, 0.05) is 55.2 Å². The van der Waals surface area contributed by atoms with Crippen LogP contribution < -0.4 is 10.3 Å². The van der Waals surface area contributed by atoms with Gasteiger partial charge in [0.05, 0.1) is 34.8 Å². The third kappa shape index (κ3) is 3.67. The minimum absolute atomic E-state index is 0.00617. The average molecular weight is 447 g/mol. The van der Waals surface area contributed by atoms with Crippen LogP contribution in [0.3, 0.4) is 0 Å². The standard InChI is InChI=1S/C24H19F2N5O2/c1-30-11-14(6-7-22(30)32)17-10-28-29-20(17)12-33-15-8-18(25)23(19(26)9-15)16-4-3-5-21-24(16)27-13-31(21)2/h3-11,13H,12H2,1-2H3,(H,28,29). The first-order valence-corrected chi connectivity index (χ1v) is 10.1. The topological polar surface area (TPSA) is 77.7 Å². The highest BCUT2D eigenvalue weighted by molar-refractivity contribution is 5.92. The van der Waals surface area contributed by atoms with Crippen LogP contribution in [0.15, 0.2) is 66.0 Å². The number of fused-ring (bicyclic) bond motifs is 1. The molecule has 0 saturated carbocycles. The van der Waals surface area contributed by atoms with Crippen molar-refractivity contribution in [3.8, 4) is 28.0 Å². The Bertz CT molecular complexity index is 1530. The smallest absolute Gasteiger partial charge is 0.250 e. The number of benzene rings is 2. The van der Waals surface area contributed by atoms with E-state index in [4.69, 9.17) is 4.74 Å². The summed E-state index contributed by atoms with van der Waals surface area (Å²) in [6.07, 6.45) is 4.90. The first kappa shape index (κ1) is 20.6. The fraction of sp³-hybridized carbons (Fsp3) is 0.125. The summed E-state index contributed by atoms with van der Waals surface area (Å²) < 4.78 is 39.0. The molecule has 33 heavy (non-hydrogen) atoms. The van der Waals surface area contributed by atoms with Crippen molar-refractivity contribution in [1.82, 2.24) is 24.3 Å². The lowest BCUT2D eigenvalue weighted by molar-refractivity contribution is 0.298. The lowest BCUT2D eigenvalue weighted by Crippen LogP contribution is -2.14.